The molecule has 0 fully saturated rings. The maximum Gasteiger partial charge on any atom is 0.255 e. The van der Waals surface area contributed by atoms with Gasteiger partial charge in [-0.25, -0.2) is 4.39 Å². The second-order valence-corrected chi connectivity index (χ2v) is 5.09. The van der Waals surface area contributed by atoms with Crippen LogP contribution in [0.15, 0.2) is 48.5 Å². The van der Waals surface area contributed by atoms with Gasteiger partial charge in [0.25, 0.3) is 5.91 Å². The second-order valence-electron chi connectivity index (χ2n) is 5.09. The maximum atomic E-state index is 13.6. The lowest BCUT2D eigenvalue weighted by Gasteiger charge is -2.22. The number of amides is 1. The van der Waals surface area contributed by atoms with Crippen LogP contribution in [0.25, 0.3) is 0 Å². The van der Waals surface area contributed by atoms with Gasteiger partial charge in [0.05, 0.1) is 12.2 Å². The van der Waals surface area contributed by atoms with Gasteiger partial charge in [0, 0.05) is 18.7 Å². The van der Waals surface area contributed by atoms with E-state index in [2.05, 4.69) is 11.8 Å². The molecule has 0 heterocycles. The summed E-state index contributed by atoms with van der Waals surface area (Å²) in [6.07, 6.45) is 0. The van der Waals surface area contributed by atoms with Crippen LogP contribution in [0.5, 0.6) is 0 Å². The third-order valence-corrected chi connectivity index (χ3v) is 3.39. The zero-order valence-electron chi connectivity index (χ0n) is 13.1. The zero-order chi connectivity index (χ0) is 17.4. The van der Waals surface area contributed by atoms with Gasteiger partial charge < -0.3 is 15.1 Å². The Hall–Kier alpha value is -2.68. The summed E-state index contributed by atoms with van der Waals surface area (Å²) >= 11 is 0. The highest BCUT2D eigenvalue weighted by atomic mass is 19.1. The zero-order valence-corrected chi connectivity index (χ0v) is 13.1. The van der Waals surface area contributed by atoms with Crippen molar-refractivity contribution in [1.29, 1.82) is 0 Å². The first-order valence-corrected chi connectivity index (χ1v) is 7.49. The van der Waals surface area contributed by atoms with Crippen molar-refractivity contribution in [3.63, 3.8) is 0 Å². The highest BCUT2D eigenvalue weighted by molar-refractivity contribution is 5.96. The summed E-state index contributed by atoms with van der Waals surface area (Å²) in [5.41, 5.74) is 1.35. The highest BCUT2D eigenvalue weighted by Gasteiger charge is 2.19. The number of halogens is 1. The van der Waals surface area contributed by atoms with E-state index in [1.54, 1.807) is 0 Å². The van der Waals surface area contributed by atoms with Gasteiger partial charge in [0.2, 0.25) is 0 Å². The quantitative estimate of drug-likeness (QED) is 0.824. The van der Waals surface area contributed by atoms with Crippen LogP contribution in [0, 0.1) is 17.7 Å². The van der Waals surface area contributed by atoms with Gasteiger partial charge in [0.1, 0.15) is 12.4 Å². The van der Waals surface area contributed by atoms with Gasteiger partial charge in [-0.05, 0) is 23.8 Å². The number of nitrogens with zero attached hydrogens (tertiary/aromatic N) is 1. The molecule has 1 amide bonds. The Kier molecular flexibility index (Phi) is 6.50. The van der Waals surface area contributed by atoms with Crippen molar-refractivity contribution in [2.45, 2.75) is 6.54 Å². The first kappa shape index (κ1) is 17.7. The Morgan fingerprint density at radius 1 is 1.12 bits per heavy atom. The van der Waals surface area contributed by atoms with E-state index in [0.29, 0.717) is 12.1 Å². The minimum Gasteiger partial charge on any atom is -0.395 e. The van der Waals surface area contributed by atoms with E-state index in [0.717, 1.165) is 11.6 Å². The molecule has 5 heteroatoms. The third-order valence-electron chi connectivity index (χ3n) is 3.39. The molecule has 0 aliphatic rings. The molecule has 0 spiro atoms. The molecule has 2 aromatic carbocycles. The molecule has 0 aliphatic carbocycles. The van der Waals surface area contributed by atoms with Crippen molar-refractivity contribution in [2.75, 3.05) is 19.8 Å². The Bertz CT molecular complexity index is 750. The van der Waals surface area contributed by atoms with Crippen molar-refractivity contribution in [1.82, 2.24) is 4.90 Å². The molecule has 2 N–H and O–H groups in total. The minimum atomic E-state index is -0.545. The van der Waals surface area contributed by atoms with Crippen LogP contribution in [0.2, 0.25) is 0 Å². The molecule has 0 bridgehead atoms. The molecule has 24 heavy (non-hydrogen) atoms. The number of benzene rings is 2. The van der Waals surface area contributed by atoms with Crippen LogP contribution >= 0.6 is 0 Å². The summed E-state index contributed by atoms with van der Waals surface area (Å²) < 4.78 is 13.6. The largest absolute Gasteiger partial charge is 0.395 e. The Balaban J connectivity index is 2.34. The number of rotatable bonds is 5. The molecule has 0 radical (unpaired) electrons. The van der Waals surface area contributed by atoms with E-state index in [-0.39, 0.29) is 25.3 Å². The van der Waals surface area contributed by atoms with E-state index in [4.69, 9.17) is 5.11 Å². The summed E-state index contributed by atoms with van der Waals surface area (Å²) in [4.78, 5) is 14.2. The smallest absolute Gasteiger partial charge is 0.255 e. The number of aliphatic hydroxyl groups excluding tert-OH is 2. The molecular formula is C19H18FNO3. The van der Waals surface area contributed by atoms with Crippen molar-refractivity contribution in [3.8, 4) is 11.8 Å². The SMILES string of the molecule is O=C(c1cc(F)ccc1C#CCO)N(CCO)Cc1ccccc1. The first-order chi connectivity index (χ1) is 11.7. The van der Waals surface area contributed by atoms with E-state index in [1.165, 1.54) is 17.0 Å². The van der Waals surface area contributed by atoms with Gasteiger partial charge in [0.15, 0.2) is 0 Å². The molecule has 124 valence electrons. The van der Waals surface area contributed by atoms with Crippen molar-refractivity contribution < 1.29 is 19.4 Å². The molecule has 0 unspecified atom stereocenters. The summed E-state index contributed by atoms with van der Waals surface area (Å²) in [5.74, 6) is 4.15. The third kappa shape index (κ3) is 4.66. The Labute approximate surface area is 140 Å². The second kappa shape index (κ2) is 8.82. The Morgan fingerprint density at radius 2 is 1.88 bits per heavy atom. The molecule has 2 rings (SSSR count). The fourth-order valence-electron chi connectivity index (χ4n) is 2.28. The van der Waals surface area contributed by atoms with Crippen LogP contribution in [0.1, 0.15) is 21.5 Å². The predicted molar refractivity (Wildman–Crippen MR) is 88.6 cm³/mol. The average molecular weight is 327 g/mol. The van der Waals surface area contributed by atoms with Gasteiger partial charge in [-0.1, -0.05) is 42.2 Å². The standard InChI is InChI=1S/C19H18FNO3/c20-17-9-8-16(7-4-11-22)18(13-17)19(24)21(10-12-23)14-15-5-2-1-3-6-15/h1-3,5-6,8-9,13,22-23H,10-12,14H2. The van der Waals surface area contributed by atoms with Gasteiger partial charge in [-0.2, -0.15) is 0 Å². The molecule has 0 aliphatic heterocycles. The van der Waals surface area contributed by atoms with Crippen LogP contribution < -0.4 is 0 Å². The van der Waals surface area contributed by atoms with Crippen molar-refractivity contribution in [2.24, 2.45) is 0 Å². The lowest BCUT2D eigenvalue weighted by Crippen LogP contribution is -2.33. The van der Waals surface area contributed by atoms with E-state index in [9.17, 15) is 14.3 Å². The molecule has 0 aromatic heterocycles. The average Bonchev–Trinajstić information content (AvgIpc) is 2.60. The van der Waals surface area contributed by atoms with Gasteiger partial charge in [-0.15, -0.1) is 0 Å². The van der Waals surface area contributed by atoms with E-state index < -0.39 is 11.7 Å². The van der Waals surface area contributed by atoms with Crippen LogP contribution in [0.4, 0.5) is 4.39 Å². The summed E-state index contributed by atoms with van der Waals surface area (Å²) in [5, 5.41) is 18.1. The van der Waals surface area contributed by atoms with Crippen LogP contribution in [-0.4, -0.2) is 40.8 Å². The first-order valence-electron chi connectivity index (χ1n) is 7.49. The van der Waals surface area contributed by atoms with Crippen molar-refractivity contribution >= 4 is 5.91 Å². The summed E-state index contributed by atoms with van der Waals surface area (Å²) in [7, 11) is 0. The number of hydrogen-bond donors (Lipinski definition) is 2. The number of hydrogen-bond acceptors (Lipinski definition) is 3. The molecular weight excluding hydrogens is 309 g/mol. The molecule has 4 nitrogen and oxygen atoms in total. The minimum absolute atomic E-state index is 0.111. The maximum absolute atomic E-state index is 13.6. The number of aliphatic hydroxyl groups is 2. The lowest BCUT2D eigenvalue weighted by molar-refractivity contribution is 0.0707. The van der Waals surface area contributed by atoms with E-state index >= 15 is 0 Å². The Morgan fingerprint density at radius 3 is 2.54 bits per heavy atom. The van der Waals surface area contributed by atoms with Crippen molar-refractivity contribution in [3.05, 3.63) is 71.0 Å². The molecule has 0 saturated heterocycles. The molecule has 0 saturated carbocycles. The monoisotopic (exact) mass is 327 g/mol. The fraction of sp³-hybridized carbons (Fsp3) is 0.211. The lowest BCUT2D eigenvalue weighted by atomic mass is 10.1. The molecule has 2 aromatic rings. The fourth-order valence-corrected chi connectivity index (χ4v) is 2.28. The van der Waals surface area contributed by atoms with Gasteiger partial charge in [-0.3, -0.25) is 4.79 Å². The highest BCUT2D eigenvalue weighted by Crippen LogP contribution is 2.15. The normalized spacial score (nSPS) is 9.96. The predicted octanol–water partition coefficient (Wildman–Crippen LogP) is 1.80. The molecule has 0 atom stereocenters. The van der Waals surface area contributed by atoms with Crippen LogP contribution in [-0.2, 0) is 6.54 Å². The topological polar surface area (TPSA) is 60.8 Å². The number of carbonyl (C=O) groups excluding carboxylic acids is 1. The number of carbonyl (C=O) groups is 1. The van der Waals surface area contributed by atoms with Gasteiger partial charge >= 0.3 is 0 Å². The summed E-state index contributed by atoms with van der Waals surface area (Å²) in [6, 6.07) is 13.1. The summed E-state index contributed by atoms with van der Waals surface area (Å²) in [6.45, 7) is -0.137. The van der Waals surface area contributed by atoms with E-state index in [1.807, 2.05) is 30.3 Å². The van der Waals surface area contributed by atoms with Crippen LogP contribution in [0.3, 0.4) is 0 Å².